The summed E-state index contributed by atoms with van der Waals surface area (Å²) in [6.45, 7) is 7.17. The summed E-state index contributed by atoms with van der Waals surface area (Å²) in [5.41, 5.74) is 3.77. The molecule has 162 valence electrons. The quantitative estimate of drug-likeness (QED) is 0.359. The minimum Gasteiger partial charge on any atom is -0.369 e. The Labute approximate surface area is 197 Å². The molecule has 2 N–H and O–H groups in total. The van der Waals surface area contributed by atoms with E-state index in [1.165, 1.54) is 29.7 Å². The van der Waals surface area contributed by atoms with Crippen LogP contribution in [0.3, 0.4) is 0 Å². The number of aryl methyl sites for hydroxylation is 1. The molecule has 6 nitrogen and oxygen atoms in total. The van der Waals surface area contributed by atoms with E-state index in [0.29, 0.717) is 6.04 Å². The Balaban J connectivity index is 0.00000256. The van der Waals surface area contributed by atoms with Gasteiger partial charge in [0.2, 0.25) is 0 Å². The smallest absolute Gasteiger partial charge is 0.191 e. The summed E-state index contributed by atoms with van der Waals surface area (Å²) >= 11 is 0. The number of anilines is 2. The number of hydrogen-bond donors (Lipinski definition) is 2. The molecule has 1 aromatic heterocycles. The summed E-state index contributed by atoms with van der Waals surface area (Å²) in [6, 6.07) is 13.5. The summed E-state index contributed by atoms with van der Waals surface area (Å²) in [5, 5.41) is 7.00. The normalized spacial score (nSPS) is 19.0. The molecular formula is C23H33IN6. The van der Waals surface area contributed by atoms with Gasteiger partial charge in [0, 0.05) is 57.7 Å². The third-order valence-electron chi connectivity index (χ3n) is 5.85. The highest BCUT2D eigenvalue weighted by Crippen LogP contribution is 2.21. The predicted octanol–water partition coefficient (Wildman–Crippen LogP) is 3.55. The number of aromatic nitrogens is 1. The SMILES string of the molecule is CN=C(NCc1ccc(N2CCCC2)nc1)NC1CCN(c2ccc(C)cc2)C1.I. The van der Waals surface area contributed by atoms with Crippen LogP contribution in [0, 0.1) is 6.92 Å². The van der Waals surface area contributed by atoms with E-state index in [0.717, 1.165) is 50.9 Å². The van der Waals surface area contributed by atoms with Gasteiger partial charge in [-0.05, 0) is 49.9 Å². The highest BCUT2D eigenvalue weighted by Gasteiger charge is 2.23. The highest BCUT2D eigenvalue weighted by molar-refractivity contribution is 14.0. The zero-order valence-electron chi connectivity index (χ0n) is 18.0. The minimum atomic E-state index is 0. The van der Waals surface area contributed by atoms with Gasteiger partial charge < -0.3 is 20.4 Å². The molecule has 0 spiro atoms. The molecule has 30 heavy (non-hydrogen) atoms. The zero-order chi connectivity index (χ0) is 20.1. The van der Waals surface area contributed by atoms with Crippen molar-refractivity contribution in [1.29, 1.82) is 0 Å². The zero-order valence-corrected chi connectivity index (χ0v) is 20.3. The van der Waals surface area contributed by atoms with E-state index in [-0.39, 0.29) is 24.0 Å². The average Bonchev–Trinajstić information content (AvgIpc) is 3.44. The van der Waals surface area contributed by atoms with Crippen LogP contribution in [-0.2, 0) is 6.54 Å². The standard InChI is InChI=1S/C23H32N6.HI/c1-18-5-8-21(9-6-18)29-14-11-20(17-29)27-23(24-2)26-16-19-7-10-22(25-15-19)28-12-3-4-13-28;/h5-10,15,20H,3-4,11-14,16-17H2,1-2H3,(H2,24,26,27);1H. The predicted molar refractivity (Wildman–Crippen MR) is 136 cm³/mol. The number of hydrogen-bond acceptors (Lipinski definition) is 4. The van der Waals surface area contributed by atoms with Crippen molar-refractivity contribution in [2.45, 2.75) is 38.8 Å². The van der Waals surface area contributed by atoms with Gasteiger partial charge in [-0.25, -0.2) is 4.98 Å². The highest BCUT2D eigenvalue weighted by atomic mass is 127. The van der Waals surface area contributed by atoms with E-state index in [1.54, 1.807) is 0 Å². The van der Waals surface area contributed by atoms with Crippen LogP contribution in [-0.4, -0.2) is 50.2 Å². The van der Waals surface area contributed by atoms with E-state index in [4.69, 9.17) is 0 Å². The molecule has 0 aliphatic carbocycles. The molecule has 3 heterocycles. The molecule has 0 radical (unpaired) electrons. The van der Waals surface area contributed by atoms with Gasteiger partial charge in [-0.15, -0.1) is 24.0 Å². The number of nitrogens with one attached hydrogen (secondary N) is 2. The van der Waals surface area contributed by atoms with Crippen LogP contribution in [0.15, 0.2) is 47.6 Å². The van der Waals surface area contributed by atoms with Crippen LogP contribution >= 0.6 is 24.0 Å². The maximum absolute atomic E-state index is 4.64. The molecule has 1 atom stereocenters. The van der Waals surface area contributed by atoms with Gasteiger partial charge in [0.15, 0.2) is 5.96 Å². The van der Waals surface area contributed by atoms with E-state index in [1.807, 2.05) is 13.2 Å². The molecular weight excluding hydrogens is 487 g/mol. The Morgan fingerprint density at radius 1 is 1.07 bits per heavy atom. The summed E-state index contributed by atoms with van der Waals surface area (Å²) in [6.07, 6.45) is 5.63. The van der Waals surface area contributed by atoms with Gasteiger partial charge in [-0.1, -0.05) is 23.8 Å². The Hall–Kier alpha value is -2.03. The van der Waals surface area contributed by atoms with Crippen molar-refractivity contribution < 1.29 is 0 Å². The molecule has 2 fully saturated rings. The molecule has 0 saturated carbocycles. The van der Waals surface area contributed by atoms with Crippen molar-refractivity contribution in [2.75, 3.05) is 43.0 Å². The van der Waals surface area contributed by atoms with Crippen molar-refractivity contribution in [3.63, 3.8) is 0 Å². The van der Waals surface area contributed by atoms with Crippen molar-refractivity contribution in [3.8, 4) is 0 Å². The monoisotopic (exact) mass is 520 g/mol. The van der Waals surface area contributed by atoms with Crippen LogP contribution in [0.2, 0.25) is 0 Å². The Morgan fingerprint density at radius 2 is 1.83 bits per heavy atom. The fraction of sp³-hybridized carbons (Fsp3) is 0.478. The molecule has 2 aliphatic heterocycles. The van der Waals surface area contributed by atoms with E-state index >= 15 is 0 Å². The first kappa shape index (κ1) is 22.7. The summed E-state index contributed by atoms with van der Waals surface area (Å²) in [4.78, 5) is 13.8. The second kappa shape index (κ2) is 10.8. The van der Waals surface area contributed by atoms with Gasteiger partial charge in [0.1, 0.15) is 5.82 Å². The first-order chi connectivity index (χ1) is 14.2. The lowest BCUT2D eigenvalue weighted by molar-refractivity contribution is 0.648. The number of halogens is 1. The van der Waals surface area contributed by atoms with Crippen LogP contribution in [0.4, 0.5) is 11.5 Å². The van der Waals surface area contributed by atoms with Crippen molar-refractivity contribution >= 4 is 41.4 Å². The van der Waals surface area contributed by atoms with Gasteiger partial charge in [0.05, 0.1) is 0 Å². The second-order valence-corrected chi connectivity index (χ2v) is 8.06. The number of guanidine groups is 1. The third kappa shape index (κ3) is 5.77. The maximum Gasteiger partial charge on any atom is 0.191 e. The van der Waals surface area contributed by atoms with E-state index < -0.39 is 0 Å². The van der Waals surface area contributed by atoms with Crippen LogP contribution in [0.25, 0.3) is 0 Å². The second-order valence-electron chi connectivity index (χ2n) is 8.06. The topological polar surface area (TPSA) is 55.8 Å². The fourth-order valence-corrected chi connectivity index (χ4v) is 4.10. The first-order valence-electron chi connectivity index (χ1n) is 10.7. The van der Waals surface area contributed by atoms with E-state index in [2.05, 4.69) is 73.7 Å². The maximum atomic E-state index is 4.64. The van der Waals surface area contributed by atoms with Crippen molar-refractivity contribution in [3.05, 3.63) is 53.7 Å². The lowest BCUT2D eigenvalue weighted by atomic mass is 10.2. The van der Waals surface area contributed by atoms with Crippen LogP contribution < -0.4 is 20.4 Å². The van der Waals surface area contributed by atoms with Gasteiger partial charge in [0.25, 0.3) is 0 Å². The summed E-state index contributed by atoms with van der Waals surface area (Å²) in [5.74, 6) is 1.94. The Bertz CT molecular complexity index is 815. The number of aliphatic imine (C=N–C) groups is 1. The lowest BCUT2D eigenvalue weighted by Crippen LogP contribution is -2.44. The summed E-state index contributed by atoms with van der Waals surface area (Å²) in [7, 11) is 1.83. The third-order valence-corrected chi connectivity index (χ3v) is 5.85. The summed E-state index contributed by atoms with van der Waals surface area (Å²) < 4.78 is 0. The Kier molecular flexibility index (Phi) is 8.18. The molecule has 0 amide bonds. The van der Waals surface area contributed by atoms with Gasteiger partial charge in [-0.2, -0.15) is 0 Å². The number of benzene rings is 1. The number of nitrogens with zero attached hydrogens (tertiary/aromatic N) is 4. The molecule has 2 saturated heterocycles. The van der Waals surface area contributed by atoms with Gasteiger partial charge >= 0.3 is 0 Å². The molecule has 7 heteroatoms. The molecule has 1 unspecified atom stereocenters. The van der Waals surface area contributed by atoms with Crippen molar-refractivity contribution in [2.24, 2.45) is 4.99 Å². The molecule has 2 aliphatic rings. The fourth-order valence-electron chi connectivity index (χ4n) is 4.10. The number of rotatable bonds is 5. The molecule has 0 bridgehead atoms. The lowest BCUT2D eigenvalue weighted by Gasteiger charge is -2.21. The van der Waals surface area contributed by atoms with Gasteiger partial charge in [-0.3, -0.25) is 4.99 Å². The molecule has 1 aromatic carbocycles. The largest absolute Gasteiger partial charge is 0.369 e. The minimum absolute atomic E-state index is 0. The van der Waals surface area contributed by atoms with Crippen LogP contribution in [0.1, 0.15) is 30.4 Å². The first-order valence-corrected chi connectivity index (χ1v) is 10.7. The molecule has 4 rings (SSSR count). The Morgan fingerprint density at radius 3 is 2.50 bits per heavy atom. The van der Waals surface area contributed by atoms with Crippen LogP contribution in [0.5, 0.6) is 0 Å². The van der Waals surface area contributed by atoms with Crippen molar-refractivity contribution in [1.82, 2.24) is 15.6 Å². The average molecular weight is 520 g/mol. The number of pyridine rings is 1. The molecule has 2 aromatic rings. The van der Waals surface area contributed by atoms with E-state index in [9.17, 15) is 0 Å².